The van der Waals surface area contributed by atoms with Crippen LogP contribution in [0, 0.1) is 18.6 Å². The minimum absolute atomic E-state index is 0.188. The third-order valence-corrected chi connectivity index (χ3v) is 3.19. The molecule has 3 rings (SSSR count). The quantitative estimate of drug-likeness (QED) is 0.755. The standard InChI is InChI=1S/C18H15F2N3O/c1-12-8-17(24-11-13-4-2-5-14(19)9-13)23-18(21-12)22-16-7-3-6-15(20)10-16/h2-10H,11H2,1H3,(H,21,22,23). The molecule has 0 saturated heterocycles. The molecule has 0 aliphatic heterocycles. The van der Waals surface area contributed by atoms with Gasteiger partial charge in [-0.1, -0.05) is 18.2 Å². The van der Waals surface area contributed by atoms with Gasteiger partial charge in [-0.2, -0.15) is 4.98 Å². The van der Waals surface area contributed by atoms with Gasteiger partial charge in [-0.3, -0.25) is 0 Å². The average molecular weight is 327 g/mol. The van der Waals surface area contributed by atoms with Crippen molar-refractivity contribution < 1.29 is 13.5 Å². The molecule has 6 heteroatoms. The third-order valence-electron chi connectivity index (χ3n) is 3.19. The smallest absolute Gasteiger partial charge is 0.230 e. The number of benzene rings is 2. The molecule has 0 aliphatic carbocycles. The summed E-state index contributed by atoms with van der Waals surface area (Å²) in [6, 6.07) is 13.8. The Bertz CT molecular complexity index is 855. The Morgan fingerprint density at radius 3 is 2.46 bits per heavy atom. The van der Waals surface area contributed by atoms with E-state index < -0.39 is 0 Å². The molecule has 0 bridgehead atoms. The molecule has 0 spiro atoms. The molecule has 1 aromatic heterocycles. The maximum Gasteiger partial charge on any atom is 0.230 e. The first-order valence-electron chi connectivity index (χ1n) is 7.34. The van der Waals surface area contributed by atoms with Crippen molar-refractivity contribution in [2.75, 3.05) is 5.32 Å². The SMILES string of the molecule is Cc1cc(OCc2cccc(F)c2)nc(Nc2cccc(F)c2)n1. The predicted molar refractivity (Wildman–Crippen MR) is 87.2 cm³/mol. The topological polar surface area (TPSA) is 47.0 Å². The molecular formula is C18H15F2N3O. The summed E-state index contributed by atoms with van der Waals surface area (Å²) in [5.74, 6) is -0.0147. The first kappa shape index (κ1) is 15.9. The highest BCUT2D eigenvalue weighted by molar-refractivity contribution is 5.53. The largest absolute Gasteiger partial charge is 0.473 e. The Hall–Kier alpha value is -3.02. The van der Waals surface area contributed by atoms with Gasteiger partial charge in [-0.05, 0) is 42.8 Å². The van der Waals surface area contributed by atoms with Gasteiger partial charge in [0.25, 0.3) is 0 Å². The number of aromatic nitrogens is 2. The van der Waals surface area contributed by atoms with Crippen molar-refractivity contribution >= 4 is 11.6 Å². The maximum absolute atomic E-state index is 13.2. The van der Waals surface area contributed by atoms with E-state index in [0.717, 1.165) is 0 Å². The lowest BCUT2D eigenvalue weighted by atomic mass is 10.2. The van der Waals surface area contributed by atoms with Crippen LogP contribution in [0.2, 0.25) is 0 Å². The van der Waals surface area contributed by atoms with Crippen LogP contribution in [0.3, 0.4) is 0 Å². The number of hydrogen-bond acceptors (Lipinski definition) is 4. The maximum atomic E-state index is 13.2. The van der Waals surface area contributed by atoms with E-state index in [1.165, 1.54) is 24.3 Å². The second kappa shape index (κ2) is 7.04. The van der Waals surface area contributed by atoms with E-state index in [4.69, 9.17) is 4.74 Å². The molecule has 0 amide bonds. The Labute approximate surface area is 138 Å². The van der Waals surface area contributed by atoms with Crippen LogP contribution in [0.4, 0.5) is 20.4 Å². The summed E-state index contributed by atoms with van der Waals surface area (Å²) in [5, 5.41) is 2.93. The summed E-state index contributed by atoms with van der Waals surface area (Å²) in [7, 11) is 0. The van der Waals surface area contributed by atoms with E-state index in [2.05, 4.69) is 15.3 Å². The monoisotopic (exact) mass is 327 g/mol. The highest BCUT2D eigenvalue weighted by Gasteiger charge is 2.05. The molecule has 1 heterocycles. The number of nitrogens with one attached hydrogen (secondary N) is 1. The molecule has 0 radical (unpaired) electrons. The van der Waals surface area contributed by atoms with Gasteiger partial charge >= 0.3 is 0 Å². The summed E-state index contributed by atoms with van der Waals surface area (Å²) in [5.41, 5.74) is 1.93. The van der Waals surface area contributed by atoms with Crippen LogP contribution in [0.25, 0.3) is 0 Å². The Morgan fingerprint density at radius 2 is 1.71 bits per heavy atom. The van der Waals surface area contributed by atoms with Crippen LogP contribution in [-0.2, 0) is 6.61 Å². The molecule has 0 atom stereocenters. The number of rotatable bonds is 5. The van der Waals surface area contributed by atoms with Gasteiger partial charge in [0.1, 0.15) is 18.2 Å². The van der Waals surface area contributed by atoms with E-state index in [9.17, 15) is 8.78 Å². The summed E-state index contributed by atoms with van der Waals surface area (Å²) < 4.78 is 32.0. The highest BCUT2D eigenvalue weighted by Crippen LogP contribution is 2.18. The van der Waals surface area contributed by atoms with E-state index in [1.807, 2.05) is 0 Å². The molecule has 122 valence electrons. The number of halogens is 2. The van der Waals surface area contributed by atoms with E-state index >= 15 is 0 Å². The molecule has 0 fully saturated rings. The molecule has 2 aromatic carbocycles. The van der Waals surface area contributed by atoms with Crippen molar-refractivity contribution in [3.63, 3.8) is 0 Å². The first-order valence-corrected chi connectivity index (χ1v) is 7.34. The van der Waals surface area contributed by atoms with Crippen LogP contribution in [0.15, 0.2) is 54.6 Å². The Kier molecular flexibility index (Phi) is 4.65. The number of ether oxygens (including phenoxy) is 1. The lowest BCUT2D eigenvalue weighted by Crippen LogP contribution is -2.03. The van der Waals surface area contributed by atoms with Crippen molar-refractivity contribution in [3.05, 3.63) is 77.5 Å². The lowest BCUT2D eigenvalue weighted by molar-refractivity contribution is 0.293. The predicted octanol–water partition coefficient (Wildman–Crippen LogP) is 4.39. The van der Waals surface area contributed by atoms with E-state index in [-0.39, 0.29) is 18.2 Å². The van der Waals surface area contributed by atoms with Crippen molar-refractivity contribution in [1.29, 1.82) is 0 Å². The van der Waals surface area contributed by atoms with Gasteiger partial charge in [0.2, 0.25) is 11.8 Å². The molecule has 1 N–H and O–H groups in total. The number of hydrogen-bond donors (Lipinski definition) is 1. The summed E-state index contributed by atoms with van der Waals surface area (Å²) >= 11 is 0. The molecule has 24 heavy (non-hydrogen) atoms. The van der Waals surface area contributed by atoms with Crippen LogP contribution in [-0.4, -0.2) is 9.97 Å². The molecular weight excluding hydrogens is 312 g/mol. The fourth-order valence-corrected chi connectivity index (χ4v) is 2.15. The first-order chi connectivity index (χ1) is 11.6. The summed E-state index contributed by atoms with van der Waals surface area (Å²) in [6.45, 7) is 1.99. The molecule has 0 saturated carbocycles. The van der Waals surface area contributed by atoms with Crippen LogP contribution >= 0.6 is 0 Å². The second-order valence-corrected chi connectivity index (χ2v) is 5.23. The van der Waals surface area contributed by atoms with Crippen molar-refractivity contribution in [2.24, 2.45) is 0 Å². The van der Waals surface area contributed by atoms with Gasteiger partial charge in [0.15, 0.2) is 0 Å². The molecule has 0 aliphatic rings. The van der Waals surface area contributed by atoms with E-state index in [1.54, 1.807) is 37.3 Å². The highest BCUT2D eigenvalue weighted by atomic mass is 19.1. The van der Waals surface area contributed by atoms with Crippen LogP contribution < -0.4 is 10.1 Å². The van der Waals surface area contributed by atoms with Crippen molar-refractivity contribution in [3.8, 4) is 5.88 Å². The van der Waals surface area contributed by atoms with Crippen LogP contribution in [0.5, 0.6) is 5.88 Å². The minimum atomic E-state index is -0.352. The summed E-state index contributed by atoms with van der Waals surface area (Å²) in [4.78, 5) is 8.48. The number of nitrogens with zero attached hydrogens (tertiary/aromatic N) is 2. The summed E-state index contributed by atoms with van der Waals surface area (Å²) in [6.07, 6.45) is 0. The Balaban J connectivity index is 1.73. The van der Waals surface area contributed by atoms with Gasteiger partial charge in [0.05, 0.1) is 0 Å². The average Bonchev–Trinajstić information content (AvgIpc) is 2.52. The van der Waals surface area contributed by atoms with E-state index in [0.29, 0.717) is 28.8 Å². The molecule has 3 aromatic rings. The lowest BCUT2D eigenvalue weighted by Gasteiger charge is -2.10. The van der Waals surface area contributed by atoms with Gasteiger partial charge < -0.3 is 10.1 Å². The zero-order valence-corrected chi connectivity index (χ0v) is 13.0. The fourth-order valence-electron chi connectivity index (χ4n) is 2.15. The van der Waals surface area contributed by atoms with Crippen molar-refractivity contribution in [2.45, 2.75) is 13.5 Å². The molecule has 0 unspecified atom stereocenters. The van der Waals surface area contributed by atoms with Crippen LogP contribution in [0.1, 0.15) is 11.3 Å². The zero-order valence-electron chi connectivity index (χ0n) is 13.0. The van der Waals surface area contributed by atoms with Gasteiger partial charge in [-0.15, -0.1) is 0 Å². The Morgan fingerprint density at radius 1 is 0.958 bits per heavy atom. The second-order valence-electron chi connectivity index (χ2n) is 5.23. The van der Waals surface area contributed by atoms with Gasteiger partial charge in [-0.25, -0.2) is 13.8 Å². The number of anilines is 2. The normalized spacial score (nSPS) is 10.5. The minimum Gasteiger partial charge on any atom is -0.473 e. The molecule has 4 nitrogen and oxygen atoms in total. The zero-order chi connectivity index (χ0) is 16.9. The fraction of sp³-hybridized carbons (Fsp3) is 0.111. The third kappa shape index (κ3) is 4.25. The number of aryl methyl sites for hydroxylation is 1. The van der Waals surface area contributed by atoms with Crippen molar-refractivity contribution in [1.82, 2.24) is 9.97 Å². The van der Waals surface area contributed by atoms with Gasteiger partial charge in [0, 0.05) is 17.4 Å².